The number of fused-ring (bicyclic) bond motifs is 1. The van der Waals surface area contributed by atoms with E-state index in [1.165, 1.54) is 0 Å². The Hall–Kier alpha value is -2.44. The number of amides is 1. The summed E-state index contributed by atoms with van der Waals surface area (Å²) in [5.74, 6) is -0.588. The fraction of sp³-hybridized carbons (Fsp3) is 0.375. The molecule has 2 N–H and O–H groups in total. The minimum Gasteiger partial charge on any atom is -0.366 e. The van der Waals surface area contributed by atoms with E-state index in [9.17, 15) is 13.2 Å². The van der Waals surface area contributed by atoms with E-state index in [4.69, 9.17) is 5.73 Å². The van der Waals surface area contributed by atoms with Gasteiger partial charge in [0.15, 0.2) is 9.84 Å². The molecule has 30 heavy (non-hydrogen) atoms. The molecule has 0 spiro atoms. The second-order valence-corrected chi connectivity index (χ2v) is 10.0. The molecular weight excluding hydrogens is 396 g/mol. The Morgan fingerprint density at radius 2 is 1.73 bits per heavy atom. The second-order valence-electron chi connectivity index (χ2n) is 7.94. The van der Waals surface area contributed by atoms with Gasteiger partial charge in [0.2, 0.25) is 5.91 Å². The highest BCUT2D eigenvalue weighted by atomic mass is 32.2. The number of hydrogen-bond donors (Lipinski definition) is 1. The van der Waals surface area contributed by atoms with E-state index in [1.54, 1.807) is 30.3 Å². The van der Waals surface area contributed by atoms with Crippen LogP contribution in [0.2, 0.25) is 0 Å². The van der Waals surface area contributed by atoms with Gasteiger partial charge in [-0.05, 0) is 55.1 Å². The third-order valence-corrected chi connectivity index (χ3v) is 8.17. The van der Waals surface area contributed by atoms with Gasteiger partial charge in [-0.1, -0.05) is 56.3 Å². The molecule has 160 valence electrons. The Morgan fingerprint density at radius 1 is 1.10 bits per heavy atom. The van der Waals surface area contributed by atoms with Crippen molar-refractivity contribution in [3.63, 3.8) is 0 Å². The van der Waals surface area contributed by atoms with Crippen molar-refractivity contribution in [2.75, 3.05) is 7.05 Å². The summed E-state index contributed by atoms with van der Waals surface area (Å²) in [5, 5.41) is -0.842. The molecule has 2 aromatic carbocycles. The zero-order chi connectivity index (χ0) is 21.9. The maximum absolute atomic E-state index is 13.4. The number of nitrogens with zero attached hydrogens (tertiary/aromatic N) is 1. The maximum atomic E-state index is 13.4. The van der Waals surface area contributed by atoms with E-state index in [0.29, 0.717) is 22.7 Å². The van der Waals surface area contributed by atoms with Crippen LogP contribution in [-0.4, -0.2) is 32.3 Å². The lowest BCUT2D eigenvalue weighted by Gasteiger charge is -2.26. The first kappa shape index (κ1) is 22.2. The Balaban J connectivity index is 1.94. The smallest absolute Gasteiger partial charge is 0.244 e. The predicted octanol–water partition coefficient (Wildman–Crippen LogP) is 4.09. The molecule has 5 nitrogen and oxygen atoms in total. The van der Waals surface area contributed by atoms with Crippen LogP contribution >= 0.6 is 0 Å². The normalized spacial score (nSPS) is 18.0. The fourth-order valence-corrected chi connectivity index (χ4v) is 6.15. The van der Waals surface area contributed by atoms with Crippen LogP contribution < -0.4 is 5.73 Å². The summed E-state index contributed by atoms with van der Waals surface area (Å²) in [6.07, 6.45) is 3.85. The van der Waals surface area contributed by atoms with Crippen LogP contribution in [0.25, 0.3) is 6.08 Å². The molecule has 1 unspecified atom stereocenters. The molecule has 0 saturated carbocycles. The third-order valence-electron chi connectivity index (χ3n) is 6.00. The number of rotatable bonds is 7. The molecule has 2 aromatic rings. The summed E-state index contributed by atoms with van der Waals surface area (Å²) >= 11 is 0. The lowest BCUT2D eigenvalue weighted by Crippen LogP contribution is -2.29. The number of nitrogens with two attached hydrogens (primary N) is 1. The highest BCUT2D eigenvalue weighted by molar-refractivity contribution is 7.91. The molecule has 0 aromatic heterocycles. The zero-order valence-electron chi connectivity index (χ0n) is 17.8. The summed E-state index contributed by atoms with van der Waals surface area (Å²) in [6, 6.07) is 15.0. The van der Waals surface area contributed by atoms with Crippen LogP contribution in [0.1, 0.15) is 55.1 Å². The Morgan fingerprint density at radius 3 is 2.33 bits per heavy atom. The summed E-state index contributed by atoms with van der Waals surface area (Å²) in [7, 11) is -1.55. The third kappa shape index (κ3) is 4.50. The number of primary amides is 1. The van der Waals surface area contributed by atoms with Gasteiger partial charge in [0, 0.05) is 18.2 Å². The molecule has 3 rings (SSSR count). The van der Waals surface area contributed by atoms with Crippen molar-refractivity contribution in [1.82, 2.24) is 4.90 Å². The van der Waals surface area contributed by atoms with Crippen molar-refractivity contribution in [2.24, 2.45) is 5.73 Å². The Labute approximate surface area is 179 Å². The number of benzene rings is 2. The lowest BCUT2D eigenvalue weighted by atomic mass is 10.0. The van der Waals surface area contributed by atoms with E-state index in [0.717, 1.165) is 24.9 Å². The van der Waals surface area contributed by atoms with Crippen molar-refractivity contribution in [1.29, 1.82) is 0 Å². The zero-order valence-corrected chi connectivity index (χ0v) is 18.7. The predicted molar refractivity (Wildman–Crippen MR) is 120 cm³/mol. The minimum absolute atomic E-state index is 0.0688. The molecule has 1 amide bonds. The first-order chi connectivity index (χ1) is 14.3. The van der Waals surface area contributed by atoms with Gasteiger partial charge in [-0.25, -0.2) is 8.42 Å². The second kappa shape index (κ2) is 9.14. The number of sulfone groups is 1. The van der Waals surface area contributed by atoms with Crippen molar-refractivity contribution in [2.45, 2.75) is 55.8 Å². The number of carbonyl (C=O) groups excluding carboxylic acids is 1. The van der Waals surface area contributed by atoms with E-state index in [1.807, 2.05) is 24.3 Å². The van der Waals surface area contributed by atoms with Gasteiger partial charge in [0.25, 0.3) is 0 Å². The average Bonchev–Trinajstić information content (AvgIpc) is 2.84. The molecule has 6 heteroatoms. The highest BCUT2D eigenvalue weighted by Crippen LogP contribution is 2.39. The summed E-state index contributed by atoms with van der Waals surface area (Å²) in [6.45, 7) is 5.18. The lowest BCUT2D eigenvalue weighted by molar-refractivity contribution is -0.114. The SMILES string of the molecule is CCC(CC)N(C)Cc1ccc(C2CC(C(N)=O)=Cc3ccccc3S2(=O)=O)cc1. The van der Waals surface area contributed by atoms with Gasteiger partial charge in [-0.15, -0.1) is 0 Å². The fourth-order valence-electron chi connectivity index (χ4n) is 4.20. The van der Waals surface area contributed by atoms with Crippen LogP contribution in [0.5, 0.6) is 0 Å². The molecule has 0 bridgehead atoms. The average molecular weight is 427 g/mol. The first-order valence-corrected chi connectivity index (χ1v) is 11.9. The monoisotopic (exact) mass is 426 g/mol. The van der Waals surface area contributed by atoms with Gasteiger partial charge >= 0.3 is 0 Å². The van der Waals surface area contributed by atoms with E-state index in [2.05, 4.69) is 25.8 Å². The first-order valence-electron chi connectivity index (χ1n) is 10.4. The van der Waals surface area contributed by atoms with Gasteiger partial charge in [0.05, 0.1) is 10.1 Å². The molecule has 0 radical (unpaired) electrons. The van der Waals surface area contributed by atoms with Gasteiger partial charge in [-0.2, -0.15) is 0 Å². The van der Waals surface area contributed by atoms with Crippen molar-refractivity contribution >= 4 is 21.8 Å². The summed E-state index contributed by atoms with van der Waals surface area (Å²) in [5.41, 5.74) is 8.19. The van der Waals surface area contributed by atoms with Crippen LogP contribution in [0.4, 0.5) is 0 Å². The van der Waals surface area contributed by atoms with Gasteiger partial charge < -0.3 is 5.73 Å². The molecule has 1 heterocycles. The van der Waals surface area contributed by atoms with E-state index < -0.39 is 21.0 Å². The topological polar surface area (TPSA) is 80.5 Å². The number of carbonyl (C=O) groups is 1. The summed E-state index contributed by atoms with van der Waals surface area (Å²) in [4.78, 5) is 14.5. The van der Waals surface area contributed by atoms with Crippen LogP contribution in [0, 0.1) is 0 Å². The highest BCUT2D eigenvalue weighted by Gasteiger charge is 2.34. The molecule has 1 aliphatic heterocycles. The number of hydrogen-bond acceptors (Lipinski definition) is 4. The quantitative estimate of drug-likeness (QED) is 0.723. The summed E-state index contributed by atoms with van der Waals surface area (Å²) < 4.78 is 26.9. The molecular formula is C24H30N2O3S. The minimum atomic E-state index is -3.67. The molecule has 0 aliphatic carbocycles. The van der Waals surface area contributed by atoms with Crippen molar-refractivity contribution < 1.29 is 13.2 Å². The van der Waals surface area contributed by atoms with Crippen LogP contribution in [-0.2, 0) is 21.2 Å². The van der Waals surface area contributed by atoms with Crippen molar-refractivity contribution in [3.05, 3.63) is 70.8 Å². The van der Waals surface area contributed by atoms with Crippen LogP contribution in [0.15, 0.2) is 59.0 Å². The van der Waals surface area contributed by atoms with Crippen LogP contribution in [0.3, 0.4) is 0 Å². The van der Waals surface area contributed by atoms with Crippen molar-refractivity contribution in [3.8, 4) is 0 Å². The molecule has 1 atom stereocenters. The maximum Gasteiger partial charge on any atom is 0.244 e. The molecule has 0 fully saturated rings. The standard InChI is InChI=1S/C24H30N2O3S/c1-4-21(5-2)26(3)16-17-10-12-18(13-11-17)23-15-20(24(25)27)14-19-8-6-7-9-22(19)30(23,28)29/h6-14,21,23H,4-5,15-16H2,1-3H3,(H2,25,27). The molecule has 0 saturated heterocycles. The van der Waals surface area contributed by atoms with Gasteiger partial charge in [-0.3, -0.25) is 9.69 Å². The largest absolute Gasteiger partial charge is 0.366 e. The van der Waals surface area contributed by atoms with E-state index >= 15 is 0 Å². The molecule has 1 aliphatic rings. The Kier molecular flexibility index (Phi) is 6.78. The van der Waals surface area contributed by atoms with Gasteiger partial charge in [0.1, 0.15) is 0 Å². The Bertz CT molecular complexity index is 1040. The van der Waals surface area contributed by atoms with E-state index in [-0.39, 0.29) is 11.3 Å².